The molecule has 0 bridgehead atoms. The topological polar surface area (TPSA) is 130 Å². The van der Waals surface area contributed by atoms with E-state index in [1.54, 1.807) is 0 Å². The maximum absolute atomic E-state index is 9.94. The Morgan fingerprint density at radius 1 is 0.426 bits per heavy atom. The number of benzene rings is 12. The number of allylic oxidation sites excluding steroid dienone is 6. The van der Waals surface area contributed by atoms with Crippen LogP contribution < -0.4 is 24.3 Å². The molecule has 0 radical (unpaired) electrons. The van der Waals surface area contributed by atoms with Gasteiger partial charge < -0.3 is 28.8 Å². The number of rotatable bonds is 16. The summed E-state index contributed by atoms with van der Waals surface area (Å²) in [7, 11) is 0. The van der Waals surface area contributed by atoms with Crippen molar-refractivity contribution < 1.29 is 9.15 Å². The Morgan fingerprint density at radius 2 is 0.944 bits per heavy atom. The minimum absolute atomic E-state index is 0.103. The smallest absolute Gasteiger partial charge is 0.136 e. The van der Waals surface area contributed by atoms with E-state index in [-0.39, 0.29) is 24.0 Å². The van der Waals surface area contributed by atoms with E-state index < -0.39 is 0 Å². The summed E-state index contributed by atoms with van der Waals surface area (Å²) in [6.07, 6.45) is 19.5. The molecule has 0 amide bonds. The van der Waals surface area contributed by atoms with Gasteiger partial charge in [-0.3, -0.25) is 0 Å². The molecule has 4 atom stereocenters. The maximum Gasteiger partial charge on any atom is 0.136 e. The Hall–Kier alpha value is -13.4. The van der Waals surface area contributed by atoms with Crippen LogP contribution in [0.5, 0.6) is 5.75 Å². The van der Waals surface area contributed by atoms with Gasteiger partial charge in [0.05, 0.1) is 52.6 Å². The number of hydrogen-bond acceptors (Lipinski definition) is 10. The summed E-state index contributed by atoms with van der Waals surface area (Å²) in [5.74, 6) is 1.68. The highest BCUT2D eigenvalue weighted by atomic mass is 16.5. The zero-order chi connectivity index (χ0) is 73.1. The third kappa shape index (κ3) is 12.6. The molecule has 0 fully saturated rings. The van der Waals surface area contributed by atoms with Crippen LogP contribution in [0.15, 0.2) is 306 Å². The molecule has 0 saturated heterocycles. The molecule has 4 unspecified atom stereocenters. The monoisotopic (exact) mass is 1400 g/mol. The zero-order valence-electron chi connectivity index (χ0n) is 60.5. The molecule has 4 aliphatic carbocycles. The summed E-state index contributed by atoms with van der Waals surface area (Å²) in [6, 6.07) is 96.1. The van der Waals surface area contributed by atoms with Crippen molar-refractivity contribution in [2.24, 2.45) is 0 Å². The van der Waals surface area contributed by atoms with Crippen LogP contribution in [0.4, 0.5) is 51.2 Å². The fraction of sp³-hybridized carbons (Fsp3) is 0.163. The second-order valence-corrected chi connectivity index (χ2v) is 29.7. The number of aryl methyl sites for hydroxylation is 1. The molecule has 12 aromatic carbocycles. The molecular weight excluding hydrogens is 1320 g/mol. The lowest BCUT2D eigenvalue weighted by molar-refractivity contribution is 0.267. The van der Waals surface area contributed by atoms with E-state index in [0.717, 1.165) is 157 Å². The van der Waals surface area contributed by atoms with Crippen LogP contribution in [-0.4, -0.2) is 12.1 Å². The normalized spacial score (nSPS) is 16.5. The molecule has 13 aromatic rings. The van der Waals surface area contributed by atoms with Gasteiger partial charge in [-0.1, -0.05) is 93.1 Å². The first kappa shape index (κ1) is 66.6. The van der Waals surface area contributed by atoms with Crippen molar-refractivity contribution in [3.63, 3.8) is 0 Å². The summed E-state index contributed by atoms with van der Waals surface area (Å²) >= 11 is 0. The third-order valence-electron chi connectivity index (χ3n) is 22.7. The van der Waals surface area contributed by atoms with Crippen molar-refractivity contribution in [1.29, 1.82) is 21.0 Å². The molecule has 1 aliphatic heterocycles. The van der Waals surface area contributed by atoms with Gasteiger partial charge in [-0.25, -0.2) is 0 Å². The van der Waals surface area contributed by atoms with Crippen LogP contribution in [0.2, 0.25) is 0 Å². The van der Waals surface area contributed by atoms with Gasteiger partial charge in [0.25, 0.3) is 0 Å². The van der Waals surface area contributed by atoms with Gasteiger partial charge in [0.2, 0.25) is 0 Å². The lowest BCUT2D eigenvalue weighted by atomic mass is 9.80. The van der Waals surface area contributed by atoms with E-state index in [1.165, 1.54) is 50.4 Å². The number of fused-ring (bicyclic) bond motifs is 10. The number of nitrogens with zero attached hydrogens (tertiary/aromatic N) is 8. The fourth-order valence-corrected chi connectivity index (χ4v) is 17.1. The Kier molecular flexibility index (Phi) is 17.2. The van der Waals surface area contributed by atoms with Crippen molar-refractivity contribution in [2.45, 2.75) is 102 Å². The van der Waals surface area contributed by atoms with Crippen LogP contribution >= 0.6 is 0 Å². The zero-order valence-corrected chi connectivity index (χ0v) is 60.5. The number of furan rings is 1. The van der Waals surface area contributed by atoms with Crippen molar-refractivity contribution >= 4 is 101 Å². The Morgan fingerprint density at radius 3 is 1.55 bits per heavy atom. The molecular formula is C98H76N8O2. The summed E-state index contributed by atoms with van der Waals surface area (Å²) in [5.41, 5.74) is 26.1. The largest absolute Gasteiger partial charge is 0.485 e. The van der Waals surface area contributed by atoms with E-state index >= 15 is 0 Å². The first-order valence-electron chi connectivity index (χ1n) is 37.6. The molecule has 2 heterocycles. The number of hydrogen-bond donors (Lipinski definition) is 0. The van der Waals surface area contributed by atoms with Gasteiger partial charge in [-0.15, -0.1) is 0 Å². The molecule has 10 nitrogen and oxygen atoms in total. The van der Waals surface area contributed by atoms with E-state index in [1.807, 2.05) is 91.0 Å². The first-order chi connectivity index (χ1) is 53.0. The van der Waals surface area contributed by atoms with Crippen molar-refractivity contribution in [3.8, 4) is 30.0 Å². The molecule has 5 aliphatic rings. The van der Waals surface area contributed by atoms with E-state index in [9.17, 15) is 21.0 Å². The molecule has 108 heavy (non-hydrogen) atoms. The number of ether oxygens (including phenoxy) is 1. The average Bonchev–Trinajstić information content (AvgIpc) is 1.58. The number of nitriles is 4. The Labute approximate surface area is 630 Å². The summed E-state index contributed by atoms with van der Waals surface area (Å²) in [6.45, 7) is 6.79. The summed E-state index contributed by atoms with van der Waals surface area (Å²) in [4.78, 5) is 9.39. The second-order valence-electron chi connectivity index (χ2n) is 29.7. The van der Waals surface area contributed by atoms with Crippen LogP contribution in [-0.2, 0) is 6.42 Å². The van der Waals surface area contributed by atoms with E-state index in [4.69, 9.17) is 9.15 Å². The quantitative estimate of drug-likeness (QED) is 0.0862. The number of anilines is 9. The highest BCUT2D eigenvalue weighted by Crippen LogP contribution is 2.50. The van der Waals surface area contributed by atoms with Gasteiger partial charge in [0, 0.05) is 84.8 Å². The highest BCUT2D eigenvalue weighted by molar-refractivity contribution is 6.11. The molecule has 0 saturated carbocycles. The predicted molar refractivity (Wildman–Crippen MR) is 437 cm³/mol. The predicted octanol–water partition coefficient (Wildman–Crippen LogP) is 25.1. The van der Waals surface area contributed by atoms with Crippen LogP contribution in [0.1, 0.15) is 134 Å². The molecule has 0 spiro atoms. The SMILES string of the molecule is CC(C)c1ccc(N(C2=CC3=CC4Oc5cc6cc(N(c7ccc(C#N)cc7)c7ccc(C(C)CC8=CC(N(C9=Cc%10cc%11oc%12cc%13cc(N(c%14ccccc%14)c%14ccc(C#N)cc%14)ccc%13cc%12c%11cc%10CC9)c9ccc(C#N)cc9)CCC8)cc7)ccc6cc5C4C=C3CC2)c2ccc(C#N)cc2)cc1. The van der Waals surface area contributed by atoms with Gasteiger partial charge in [0.15, 0.2) is 0 Å². The first-order valence-corrected chi connectivity index (χ1v) is 37.6. The Balaban J connectivity index is 0.602. The summed E-state index contributed by atoms with van der Waals surface area (Å²) in [5, 5.41) is 45.7. The fourth-order valence-electron chi connectivity index (χ4n) is 17.1. The lowest BCUT2D eigenvalue weighted by Gasteiger charge is -2.38. The molecule has 1 aromatic heterocycles. The van der Waals surface area contributed by atoms with Crippen LogP contribution in [0, 0.1) is 45.3 Å². The molecule has 0 N–H and O–H groups in total. The van der Waals surface area contributed by atoms with Crippen LogP contribution in [0.3, 0.4) is 0 Å². The van der Waals surface area contributed by atoms with Crippen molar-refractivity contribution in [2.75, 3.05) is 19.6 Å². The van der Waals surface area contributed by atoms with Gasteiger partial charge in [0.1, 0.15) is 23.0 Å². The van der Waals surface area contributed by atoms with Gasteiger partial charge >= 0.3 is 0 Å². The highest BCUT2D eigenvalue weighted by Gasteiger charge is 2.37. The van der Waals surface area contributed by atoms with Gasteiger partial charge in [-0.05, 0) is 330 Å². The van der Waals surface area contributed by atoms with E-state index in [0.29, 0.717) is 28.2 Å². The molecule has 10 heteroatoms. The second kappa shape index (κ2) is 27.9. The van der Waals surface area contributed by atoms with E-state index in [2.05, 4.69) is 253 Å². The van der Waals surface area contributed by atoms with Crippen molar-refractivity contribution in [1.82, 2.24) is 0 Å². The minimum Gasteiger partial charge on any atom is -0.485 e. The number of para-hydroxylation sites is 1. The maximum atomic E-state index is 9.94. The molecule has 18 rings (SSSR count). The third-order valence-corrected chi connectivity index (χ3v) is 22.7. The standard InChI is InChI=1S/C98H76N8O2/c1-62(2)69-20-36-84(37-21-69)104(81-30-14-65(59-100)15-31-81)88-41-25-72-51-92-93-52-73-26-42-89(48-77(73)56-97(93)107-96(92)55-76(72)47-88)105(82-32-16-66(60-101)17-33-82)85-38-22-70(23-39-85)63(3)44-68-8-7-11-86(45-68)106(83-34-18-67(61-102)19-35-83)90-43-27-74-53-94-91-50-71-24-40-87(46-75(71)54-95(91)108-98(94)57-78(74)49-90)103(79-9-5-4-6-10-79)80-28-12-64(58-99)13-29-80/h4-6,9-10,12-24,26,28-40,42,45-57,62-63,86,92,96H,7-8,11,25,27,41,43-44H2,1-3H3. The molecule has 520 valence electrons. The average molecular weight is 1400 g/mol. The Bertz CT molecular complexity index is 6070. The lowest BCUT2D eigenvalue weighted by Crippen LogP contribution is -2.35. The summed E-state index contributed by atoms with van der Waals surface area (Å²) < 4.78 is 13.8. The minimum atomic E-state index is -0.144. The van der Waals surface area contributed by atoms with Crippen LogP contribution in [0.25, 0.3) is 49.6 Å². The van der Waals surface area contributed by atoms with Gasteiger partial charge in [-0.2, -0.15) is 21.0 Å². The van der Waals surface area contributed by atoms with Crippen molar-refractivity contribution in [3.05, 3.63) is 351 Å².